The summed E-state index contributed by atoms with van der Waals surface area (Å²) in [4.78, 5) is 23.5. The number of esters is 1. The fraction of sp³-hybridized carbons (Fsp3) is 0.176. The molecule has 0 aromatic heterocycles. The standard InChI is InChI=1S/C17H18N2O5S/c1-12-2-6-14(7-3-12)24-17(21)11-10-16(20)19-13-4-8-15(9-5-13)25(18,22)23/h2-9H,10-11H2,1H3,(H,19,20)(H2,18,22,23). The van der Waals surface area contributed by atoms with Gasteiger partial charge < -0.3 is 10.1 Å². The van der Waals surface area contributed by atoms with Crippen molar-refractivity contribution >= 4 is 27.6 Å². The zero-order chi connectivity index (χ0) is 18.4. The Bertz CT molecular complexity index is 859. The molecule has 2 aromatic carbocycles. The van der Waals surface area contributed by atoms with Gasteiger partial charge in [0.2, 0.25) is 15.9 Å². The van der Waals surface area contributed by atoms with Crippen molar-refractivity contribution in [2.45, 2.75) is 24.7 Å². The molecule has 0 aliphatic rings. The Kier molecular flexibility index (Phi) is 5.89. The molecular formula is C17H18N2O5S. The van der Waals surface area contributed by atoms with E-state index in [1.165, 1.54) is 24.3 Å². The number of benzene rings is 2. The van der Waals surface area contributed by atoms with Crippen LogP contribution in [0.5, 0.6) is 5.75 Å². The van der Waals surface area contributed by atoms with Gasteiger partial charge in [-0.05, 0) is 43.3 Å². The highest BCUT2D eigenvalue weighted by Gasteiger charge is 2.11. The highest BCUT2D eigenvalue weighted by molar-refractivity contribution is 7.89. The molecule has 0 atom stereocenters. The molecule has 2 rings (SSSR count). The minimum Gasteiger partial charge on any atom is -0.427 e. The van der Waals surface area contributed by atoms with Crippen LogP contribution in [0.2, 0.25) is 0 Å². The Morgan fingerprint density at radius 3 is 2.16 bits per heavy atom. The smallest absolute Gasteiger partial charge is 0.311 e. The number of carbonyl (C=O) groups is 2. The van der Waals surface area contributed by atoms with Crippen molar-refractivity contribution < 1.29 is 22.7 Å². The quantitative estimate of drug-likeness (QED) is 0.602. The summed E-state index contributed by atoms with van der Waals surface area (Å²) in [6, 6.07) is 12.4. The van der Waals surface area contributed by atoms with E-state index in [0.717, 1.165) is 5.56 Å². The fourth-order valence-corrected chi connectivity index (χ4v) is 2.47. The van der Waals surface area contributed by atoms with E-state index in [4.69, 9.17) is 9.88 Å². The van der Waals surface area contributed by atoms with Crippen LogP contribution in [0.25, 0.3) is 0 Å². The first-order valence-electron chi connectivity index (χ1n) is 7.44. The van der Waals surface area contributed by atoms with Crippen LogP contribution in [-0.4, -0.2) is 20.3 Å². The van der Waals surface area contributed by atoms with Gasteiger partial charge in [-0.15, -0.1) is 0 Å². The number of ether oxygens (including phenoxy) is 1. The van der Waals surface area contributed by atoms with E-state index in [1.54, 1.807) is 12.1 Å². The molecule has 132 valence electrons. The largest absolute Gasteiger partial charge is 0.427 e. The van der Waals surface area contributed by atoms with E-state index in [1.807, 2.05) is 19.1 Å². The van der Waals surface area contributed by atoms with Gasteiger partial charge in [-0.3, -0.25) is 9.59 Å². The van der Waals surface area contributed by atoms with Gasteiger partial charge in [-0.2, -0.15) is 0 Å². The predicted octanol–water partition coefficient (Wildman–Crippen LogP) is 1.97. The SMILES string of the molecule is Cc1ccc(OC(=O)CCC(=O)Nc2ccc(S(N)(=O)=O)cc2)cc1. The Morgan fingerprint density at radius 2 is 1.60 bits per heavy atom. The lowest BCUT2D eigenvalue weighted by atomic mass is 10.2. The van der Waals surface area contributed by atoms with Gasteiger partial charge in [0.1, 0.15) is 5.75 Å². The molecule has 2 aromatic rings. The molecule has 0 spiro atoms. The molecule has 0 saturated heterocycles. The molecule has 0 saturated carbocycles. The summed E-state index contributed by atoms with van der Waals surface area (Å²) >= 11 is 0. The summed E-state index contributed by atoms with van der Waals surface area (Å²) in [6.07, 6.45) is -0.128. The van der Waals surface area contributed by atoms with Gasteiger partial charge in [0.05, 0.1) is 11.3 Å². The number of nitrogens with one attached hydrogen (secondary N) is 1. The molecule has 7 nitrogen and oxygen atoms in total. The first kappa shape index (κ1) is 18.6. The van der Waals surface area contributed by atoms with E-state index in [2.05, 4.69) is 5.32 Å². The molecule has 0 radical (unpaired) electrons. The van der Waals surface area contributed by atoms with Crippen molar-refractivity contribution in [3.8, 4) is 5.75 Å². The number of primary sulfonamides is 1. The van der Waals surface area contributed by atoms with Gasteiger partial charge >= 0.3 is 5.97 Å². The van der Waals surface area contributed by atoms with Crippen LogP contribution in [-0.2, 0) is 19.6 Å². The van der Waals surface area contributed by atoms with Gasteiger partial charge in [-0.1, -0.05) is 17.7 Å². The van der Waals surface area contributed by atoms with Gasteiger partial charge in [0.25, 0.3) is 0 Å². The topological polar surface area (TPSA) is 116 Å². The molecule has 0 heterocycles. The third-order valence-electron chi connectivity index (χ3n) is 3.28. The number of carbonyl (C=O) groups excluding carboxylic acids is 2. The average molecular weight is 362 g/mol. The maximum atomic E-state index is 11.8. The lowest BCUT2D eigenvalue weighted by molar-refractivity contribution is -0.135. The van der Waals surface area contributed by atoms with Crippen molar-refractivity contribution in [1.82, 2.24) is 0 Å². The van der Waals surface area contributed by atoms with Crippen molar-refractivity contribution in [2.24, 2.45) is 5.14 Å². The monoisotopic (exact) mass is 362 g/mol. The van der Waals surface area contributed by atoms with Crippen LogP contribution in [0.1, 0.15) is 18.4 Å². The third kappa shape index (κ3) is 6.02. The number of hydrogen-bond acceptors (Lipinski definition) is 5. The Morgan fingerprint density at radius 1 is 1.00 bits per heavy atom. The fourth-order valence-electron chi connectivity index (χ4n) is 1.96. The minimum absolute atomic E-state index is 0.0489. The molecule has 8 heteroatoms. The molecule has 0 bridgehead atoms. The van der Waals surface area contributed by atoms with Gasteiger partial charge in [0.15, 0.2) is 0 Å². The number of amides is 1. The van der Waals surface area contributed by atoms with E-state index >= 15 is 0 Å². The lowest BCUT2D eigenvalue weighted by Crippen LogP contribution is -2.16. The first-order valence-corrected chi connectivity index (χ1v) is 8.99. The second kappa shape index (κ2) is 7.91. The molecule has 0 aliphatic carbocycles. The normalized spacial score (nSPS) is 11.0. The number of hydrogen-bond donors (Lipinski definition) is 2. The number of nitrogens with two attached hydrogens (primary N) is 1. The van der Waals surface area contributed by atoms with Crippen LogP contribution in [0.4, 0.5) is 5.69 Å². The Balaban J connectivity index is 1.82. The molecule has 1 amide bonds. The summed E-state index contributed by atoms with van der Waals surface area (Å²) < 4.78 is 27.4. The van der Waals surface area contributed by atoms with Crippen LogP contribution < -0.4 is 15.2 Å². The minimum atomic E-state index is -3.78. The molecule has 25 heavy (non-hydrogen) atoms. The van der Waals surface area contributed by atoms with Crippen LogP contribution in [0, 0.1) is 6.92 Å². The summed E-state index contributed by atoms with van der Waals surface area (Å²) in [5.74, 6) is -0.470. The van der Waals surface area contributed by atoms with Crippen LogP contribution in [0.3, 0.4) is 0 Å². The summed E-state index contributed by atoms with van der Waals surface area (Å²) in [5.41, 5.74) is 1.46. The van der Waals surface area contributed by atoms with Gasteiger partial charge in [0, 0.05) is 12.1 Å². The highest BCUT2D eigenvalue weighted by Crippen LogP contribution is 2.14. The third-order valence-corrected chi connectivity index (χ3v) is 4.20. The van der Waals surface area contributed by atoms with Crippen LogP contribution >= 0.6 is 0 Å². The number of anilines is 1. The zero-order valence-corrected chi connectivity index (χ0v) is 14.4. The molecule has 0 aliphatic heterocycles. The predicted molar refractivity (Wildman–Crippen MR) is 92.5 cm³/mol. The van der Waals surface area contributed by atoms with Gasteiger partial charge in [-0.25, -0.2) is 13.6 Å². The Labute approximate surface area is 145 Å². The van der Waals surface area contributed by atoms with Crippen molar-refractivity contribution in [3.05, 3.63) is 54.1 Å². The summed E-state index contributed by atoms with van der Waals surface area (Å²) in [6.45, 7) is 1.92. The van der Waals surface area contributed by atoms with Crippen LogP contribution in [0.15, 0.2) is 53.4 Å². The molecule has 0 unspecified atom stereocenters. The average Bonchev–Trinajstić information content (AvgIpc) is 2.55. The second-order valence-electron chi connectivity index (χ2n) is 5.40. The van der Waals surface area contributed by atoms with E-state index in [-0.39, 0.29) is 23.6 Å². The van der Waals surface area contributed by atoms with Crippen molar-refractivity contribution in [3.63, 3.8) is 0 Å². The number of sulfonamides is 1. The van der Waals surface area contributed by atoms with Crippen molar-refractivity contribution in [1.29, 1.82) is 0 Å². The van der Waals surface area contributed by atoms with Crippen molar-refractivity contribution in [2.75, 3.05) is 5.32 Å². The number of rotatable bonds is 6. The van der Waals surface area contributed by atoms with E-state index < -0.39 is 16.0 Å². The summed E-state index contributed by atoms with van der Waals surface area (Å²) in [5, 5.41) is 7.56. The molecule has 3 N–H and O–H groups in total. The highest BCUT2D eigenvalue weighted by atomic mass is 32.2. The summed E-state index contributed by atoms with van der Waals surface area (Å²) in [7, 11) is -3.78. The maximum absolute atomic E-state index is 11.8. The molecular weight excluding hydrogens is 344 g/mol. The second-order valence-corrected chi connectivity index (χ2v) is 6.97. The first-order chi connectivity index (χ1) is 11.7. The van der Waals surface area contributed by atoms with E-state index in [9.17, 15) is 18.0 Å². The Hall–Kier alpha value is -2.71. The zero-order valence-electron chi connectivity index (χ0n) is 13.6. The molecule has 0 fully saturated rings. The number of aryl methyl sites for hydroxylation is 1. The maximum Gasteiger partial charge on any atom is 0.311 e. The van der Waals surface area contributed by atoms with E-state index in [0.29, 0.717) is 11.4 Å². The lowest BCUT2D eigenvalue weighted by Gasteiger charge is -2.07.